The molecule has 1 aromatic rings. The highest BCUT2D eigenvalue weighted by Gasteiger charge is 2.14. The van der Waals surface area contributed by atoms with Gasteiger partial charge in [0.2, 0.25) is 5.91 Å². The van der Waals surface area contributed by atoms with Crippen LogP contribution in [0.1, 0.15) is 15.4 Å². The first-order chi connectivity index (χ1) is 7.00. The number of aromatic nitrogens is 1. The van der Waals surface area contributed by atoms with Crippen molar-refractivity contribution in [3.05, 3.63) is 10.6 Å². The number of primary amides is 1. The number of rotatable bonds is 4. The van der Waals surface area contributed by atoms with E-state index in [4.69, 9.17) is 11.5 Å². The molecule has 0 aliphatic rings. The molecule has 0 fully saturated rings. The quantitative estimate of drug-likeness (QED) is 0.583. The molecule has 1 aromatic heterocycles. The molecule has 5 N–H and O–H groups in total. The van der Waals surface area contributed by atoms with Crippen molar-refractivity contribution in [2.45, 2.75) is 6.92 Å². The summed E-state index contributed by atoms with van der Waals surface area (Å²) in [5, 5.41) is 0.299. The van der Waals surface area contributed by atoms with Crippen molar-refractivity contribution in [1.29, 1.82) is 0 Å². The number of nitrogens with zero attached hydrogens (tertiary/aromatic N) is 1. The van der Waals surface area contributed by atoms with Crippen LogP contribution < -0.4 is 16.9 Å². The zero-order valence-electron chi connectivity index (χ0n) is 7.94. The Morgan fingerprint density at radius 3 is 2.73 bits per heavy atom. The van der Waals surface area contributed by atoms with Crippen LogP contribution in [0.25, 0.3) is 0 Å². The van der Waals surface area contributed by atoms with Crippen LogP contribution in [-0.2, 0) is 9.63 Å². The Morgan fingerprint density at radius 2 is 2.27 bits per heavy atom. The Kier molecular flexibility index (Phi) is 3.58. The smallest absolute Gasteiger partial charge is 0.286 e. The van der Waals surface area contributed by atoms with E-state index in [9.17, 15) is 9.59 Å². The van der Waals surface area contributed by atoms with Crippen LogP contribution >= 0.6 is 11.3 Å². The van der Waals surface area contributed by atoms with E-state index in [1.165, 1.54) is 0 Å². The highest BCUT2D eigenvalue weighted by atomic mass is 32.1. The fourth-order valence-electron chi connectivity index (χ4n) is 0.847. The number of nitrogens with two attached hydrogens (primary N) is 2. The summed E-state index contributed by atoms with van der Waals surface area (Å²) in [6.07, 6.45) is 0. The van der Waals surface area contributed by atoms with Gasteiger partial charge in [0.05, 0.1) is 5.69 Å². The number of nitrogen functional groups attached to an aromatic ring is 1. The van der Waals surface area contributed by atoms with E-state index in [2.05, 4.69) is 15.3 Å². The number of hydroxylamine groups is 1. The third kappa shape index (κ3) is 3.18. The summed E-state index contributed by atoms with van der Waals surface area (Å²) >= 11 is 1.04. The molecule has 7 nitrogen and oxygen atoms in total. The molecule has 0 unspecified atom stereocenters. The second kappa shape index (κ2) is 4.71. The van der Waals surface area contributed by atoms with Gasteiger partial charge < -0.3 is 11.5 Å². The molecule has 1 rings (SSSR count). The van der Waals surface area contributed by atoms with E-state index >= 15 is 0 Å². The largest absolute Gasteiger partial charge is 0.375 e. The van der Waals surface area contributed by atoms with Crippen LogP contribution in [0, 0.1) is 6.92 Å². The van der Waals surface area contributed by atoms with Crippen molar-refractivity contribution in [3.8, 4) is 0 Å². The summed E-state index contributed by atoms with van der Waals surface area (Å²) in [4.78, 5) is 30.4. The molecular weight excluding hydrogens is 220 g/mol. The van der Waals surface area contributed by atoms with E-state index < -0.39 is 11.8 Å². The summed E-state index contributed by atoms with van der Waals surface area (Å²) in [5.74, 6) is -1.17. The number of thiazole rings is 1. The van der Waals surface area contributed by atoms with E-state index in [1.807, 2.05) is 0 Å². The number of nitrogens with one attached hydrogen (secondary N) is 1. The van der Waals surface area contributed by atoms with Crippen molar-refractivity contribution >= 4 is 28.3 Å². The van der Waals surface area contributed by atoms with Gasteiger partial charge in [-0.15, -0.1) is 0 Å². The lowest BCUT2D eigenvalue weighted by Gasteiger charge is -2.01. The van der Waals surface area contributed by atoms with Crippen LogP contribution in [0.5, 0.6) is 0 Å². The first-order valence-electron chi connectivity index (χ1n) is 3.94. The second-order valence-corrected chi connectivity index (χ2v) is 3.68. The highest BCUT2D eigenvalue weighted by Crippen LogP contribution is 2.18. The number of carbonyl (C=O) groups excluding carboxylic acids is 2. The molecule has 1 heterocycles. The lowest BCUT2D eigenvalue weighted by Crippen LogP contribution is -2.29. The van der Waals surface area contributed by atoms with E-state index in [0.29, 0.717) is 15.7 Å². The van der Waals surface area contributed by atoms with Gasteiger partial charge in [0, 0.05) is 0 Å². The number of hydrogen-bond acceptors (Lipinski definition) is 6. The third-order valence-corrected chi connectivity index (χ3v) is 2.38. The molecule has 0 saturated carbocycles. The molecule has 15 heavy (non-hydrogen) atoms. The molecule has 0 aliphatic heterocycles. The second-order valence-electron chi connectivity index (χ2n) is 2.65. The topological polar surface area (TPSA) is 120 Å². The SMILES string of the molecule is Cc1nc(N)sc1C(=O)NOCC(N)=O. The monoisotopic (exact) mass is 230 g/mol. The van der Waals surface area contributed by atoms with Gasteiger partial charge in [-0.3, -0.25) is 14.4 Å². The third-order valence-electron chi connectivity index (χ3n) is 1.40. The van der Waals surface area contributed by atoms with Gasteiger partial charge in [-0.25, -0.2) is 10.5 Å². The van der Waals surface area contributed by atoms with Gasteiger partial charge in [0.15, 0.2) is 11.7 Å². The Labute approximate surface area is 89.4 Å². The molecule has 0 atom stereocenters. The number of anilines is 1. The van der Waals surface area contributed by atoms with Gasteiger partial charge in [-0.05, 0) is 6.92 Å². The Hall–Kier alpha value is -1.67. The zero-order valence-corrected chi connectivity index (χ0v) is 8.76. The van der Waals surface area contributed by atoms with Gasteiger partial charge in [0.25, 0.3) is 5.91 Å². The van der Waals surface area contributed by atoms with Crippen molar-refractivity contribution < 1.29 is 14.4 Å². The lowest BCUT2D eigenvalue weighted by atomic mass is 10.4. The minimum Gasteiger partial charge on any atom is -0.375 e. The Morgan fingerprint density at radius 1 is 1.60 bits per heavy atom. The number of amides is 2. The average molecular weight is 230 g/mol. The summed E-state index contributed by atoms with van der Waals surface area (Å²) in [7, 11) is 0. The first kappa shape index (κ1) is 11.4. The summed E-state index contributed by atoms with van der Waals surface area (Å²) < 4.78 is 0. The van der Waals surface area contributed by atoms with Gasteiger partial charge in [-0.1, -0.05) is 11.3 Å². The van der Waals surface area contributed by atoms with Gasteiger partial charge in [-0.2, -0.15) is 0 Å². The number of carbonyl (C=O) groups is 2. The molecule has 82 valence electrons. The molecule has 0 saturated heterocycles. The Bertz CT molecular complexity index is 390. The molecule has 8 heteroatoms. The van der Waals surface area contributed by atoms with Crippen molar-refractivity contribution in [2.24, 2.45) is 5.73 Å². The fourth-order valence-corrected chi connectivity index (χ4v) is 1.57. The molecule has 0 radical (unpaired) electrons. The normalized spacial score (nSPS) is 9.93. The maximum absolute atomic E-state index is 11.4. The Balaban J connectivity index is 2.54. The number of hydrogen-bond donors (Lipinski definition) is 3. The maximum Gasteiger partial charge on any atom is 0.286 e. The van der Waals surface area contributed by atoms with Gasteiger partial charge in [0.1, 0.15) is 4.88 Å². The zero-order chi connectivity index (χ0) is 11.4. The standard InChI is InChI=1S/C7H10N4O3S/c1-3-5(15-7(9)10-3)6(13)11-14-2-4(8)12/h2H2,1H3,(H2,8,12)(H2,9,10)(H,11,13). The van der Waals surface area contributed by atoms with Crippen molar-refractivity contribution in [3.63, 3.8) is 0 Å². The first-order valence-corrected chi connectivity index (χ1v) is 4.75. The minimum atomic E-state index is -0.671. The predicted octanol–water partition coefficient (Wildman–Crippen LogP) is -0.820. The minimum absolute atomic E-state index is 0.299. The van der Waals surface area contributed by atoms with Crippen LogP contribution in [0.15, 0.2) is 0 Å². The molecule has 0 spiro atoms. The molecule has 2 amide bonds. The molecule has 0 aromatic carbocycles. The van der Waals surface area contributed by atoms with Crippen LogP contribution in [0.2, 0.25) is 0 Å². The highest BCUT2D eigenvalue weighted by molar-refractivity contribution is 7.17. The van der Waals surface area contributed by atoms with Gasteiger partial charge >= 0.3 is 0 Å². The predicted molar refractivity (Wildman–Crippen MR) is 53.9 cm³/mol. The molecular formula is C7H10N4O3S. The van der Waals surface area contributed by atoms with Crippen molar-refractivity contribution in [1.82, 2.24) is 10.5 Å². The average Bonchev–Trinajstić information content (AvgIpc) is 2.44. The lowest BCUT2D eigenvalue weighted by molar-refractivity contribution is -0.124. The van der Waals surface area contributed by atoms with Crippen LogP contribution in [0.3, 0.4) is 0 Å². The summed E-state index contributed by atoms with van der Waals surface area (Å²) in [5.41, 5.74) is 12.8. The molecule has 0 aliphatic carbocycles. The van der Waals surface area contributed by atoms with E-state index in [1.54, 1.807) is 6.92 Å². The number of aryl methyl sites for hydroxylation is 1. The van der Waals surface area contributed by atoms with E-state index in [0.717, 1.165) is 11.3 Å². The van der Waals surface area contributed by atoms with Crippen LogP contribution in [0.4, 0.5) is 5.13 Å². The summed E-state index contributed by atoms with van der Waals surface area (Å²) in [6.45, 7) is 1.27. The fraction of sp³-hybridized carbons (Fsp3) is 0.286. The maximum atomic E-state index is 11.4. The van der Waals surface area contributed by atoms with Crippen LogP contribution in [-0.4, -0.2) is 23.4 Å². The molecule has 0 bridgehead atoms. The summed E-state index contributed by atoms with van der Waals surface area (Å²) in [6, 6.07) is 0. The van der Waals surface area contributed by atoms with Crippen molar-refractivity contribution in [2.75, 3.05) is 12.3 Å². The van der Waals surface area contributed by atoms with E-state index in [-0.39, 0.29) is 6.61 Å².